The molecule has 20 heavy (non-hydrogen) atoms. The predicted molar refractivity (Wildman–Crippen MR) is 83.2 cm³/mol. The molecule has 1 atom stereocenters. The lowest BCUT2D eigenvalue weighted by Gasteiger charge is -2.12. The zero-order valence-corrected chi connectivity index (χ0v) is 12.7. The van der Waals surface area contributed by atoms with Gasteiger partial charge in [-0.25, -0.2) is 0 Å². The van der Waals surface area contributed by atoms with E-state index in [0.717, 1.165) is 24.2 Å². The Balaban J connectivity index is 2.47. The molecule has 1 amide bonds. The number of carbonyl (C=O) groups excluding carboxylic acids is 1. The molecule has 0 aliphatic heterocycles. The molecule has 1 aromatic rings. The maximum Gasteiger partial charge on any atom is 0.307 e. The summed E-state index contributed by atoms with van der Waals surface area (Å²) in [4.78, 5) is 22.5. The fourth-order valence-electron chi connectivity index (χ4n) is 1.60. The van der Waals surface area contributed by atoms with Gasteiger partial charge in [-0.2, -0.15) is 0 Å². The maximum atomic E-state index is 11.9. The molecule has 0 radical (unpaired) electrons. The molecule has 1 aromatic carbocycles. The van der Waals surface area contributed by atoms with E-state index in [0.29, 0.717) is 5.69 Å². The Hall–Kier alpha value is -1.49. The van der Waals surface area contributed by atoms with E-state index in [1.54, 1.807) is 36.0 Å². The second-order valence-electron chi connectivity index (χ2n) is 4.62. The molecule has 1 rings (SSSR count). The Kier molecular flexibility index (Phi) is 7.15. The number of hydrogen-bond donors (Lipinski definition) is 2. The first-order chi connectivity index (χ1) is 9.52. The highest BCUT2D eigenvalue weighted by atomic mass is 32.2. The van der Waals surface area contributed by atoms with Crippen molar-refractivity contribution in [1.82, 2.24) is 0 Å². The normalized spacial score (nSPS) is 11.9. The summed E-state index contributed by atoms with van der Waals surface area (Å²) in [6.45, 7) is 4.03. The quantitative estimate of drug-likeness (QED) is 0.723. The molecule has 0 heterocycles. The van der Waals surface area contributed by atoms with Gasteiger partial charge in [-0.3, -0.25) is 9.59 Å². The van der Waals surface area contributed by atoms with E-state index in [1.807, 2.05) is 6.92 Å². The minimum Gasteiger partial charge on any atom is -0.481 e. The summed E-state index contributed by atoms with van der Waals surface area (Å²) < 4.78 is 0. The van der Waals surface area contributed by atoms with Crippen LogP contribution in [0.15, 0.2) is 24.3 Å². The number of carboxylic acids is 1. The second-order valence-corrected chi connectivity index (χ2v) is 6.07. The monoisotopic (exact) mass is 295 g/mol. The van der Waals surface area contributed by atoms with Crippen LogP contribution in [0.3, 0.4) is 0 Å². The lowest BCUT2D eigenvalue weighted by molar-refractivity contribution is -0.136. The molecule has 0 aliphatic carbocycles. The van der Waals surface area contributed by atoms with Crippen molar-refractivity contribution >= 4 is 29.3 Å². The van der Waals surface area contributed by atoms with Crippen LogP contribution in [-0.2, 0) is 16.0 Å². The van der Waals surface area contributed by atoms with Crippen LogP contribution >= 0.6 is 11.8 Å². The Morgan fingerprint density at radius 2 is 1.95 bits per heavy atom. The topological polar surface area (TPSA) is 66.4 Å². The van der Waals surface area contributed by atoms with Crippen molar-refractivity contribution in [2.24, 2.45) is 0 Å². The van der Waals surface area contributed by atoms with Gasteiger partial charge in [0.15, 0.2) is 0 Å². The number of rotatable bonds is 8. The van der Waals surface area contributed by atoms with E-state index in [9.17, 15) is 9.59 Å². The van der Waals surface area contributed by atoms with Gasteiger partial charge < -0.3 is 10.4 Å². The highest BCUT2D eigenvalue weighted by molar-refractivity contribution is 8.00. The van der Waals surface area contributed by atoms with Crippen LogP contribution in [0.5, 0.6) is 0 Å². The average Bonchev–Trinajstić information content (AvgIpc) is 2.40. The SMILES string of the molecule is CCCCSC(C)C(=O)Nc1ccc(CC(=O)O)cc1. The summed E-state index contributed by atoms with van der Waals surface area (Å²) in [5.41, 5.74) is 1.42. The van der Waals surface area contributed by atoms with Gasteiger partial charge in [0.05, 0.1) is 11.7 Å². The molecule has 0 bridgehead atoms. The van der Waals surface area contributed by atoms with Gasteiger partial charge in [0.25, 0.3) is 0 Å². The van der Waals surface area contributed by atoms with Gasteiger partial charge in [0.1, 0.15) is 0 Å². The zero-order valence-electron chi connectivity index (χ0n) is 11.9. The number of anilines is 1. The van der Waals surface area contributed by atoms with Gasteiger partial charge in [-0.1, -0.05) is 25.5 Å². The fraction of sp³-hybridized carbons (Fsp3) is 0.467. The second kappa shape index (κ2) is 8.64. The average molecular weight is 295 g/mol. The lowest BCUT2D eigenvalue weighted by Crippen LogP contribution is -2.22. The van der Waals surface area contributed by atoms with Crippen molar-refractivity contribution in [2.45, 2.75) is 38.4 Å². The van der Waals surface area contributed by atoms with Gasteiger partial charge >= 0.3 is 5.97 Å². The number of nitrogens with one attached hydrogen (secondary N) is 1. The van der Waals surface area contributed by atoms with Gasteiger partial charge in [0, 0.05) is 5.69 Å². The molecule has 0 aliphatic rings. The third kappa shape index (κ3) is 6.10. The number of aliphatic carboxylic acids is 1. The standard InChI is InChI=1S/C15H21NO3S/c1-3-4-9-20-11(2)15(19)16-13-7-5-12(6-8-13)10-14(17)18/h5-8,11H,3-4,9-10H2,1-2H3,(H,16,19)(H,17,18). The highest BCUT2D eigenvalue weighted by Gasteiger charge is 2.13. The van der Waals surface area contributed by atoms with Crippen molar-refractivity contribution in [3.05, 3.63) is 29.8 Å². The van der Waals surface area contributed by atoms with Crippen molar-refractivity contribution < 1.29 is 14.7 Å². The third-order valence-electron chi connectivity index (χ3n) is 2.81. The van der Waals surface area contributed by atoms with E-state index in [2.05, 4.69) is 12.2 Å². The molecule has 0 aromatic heterocycles. The number of carboxylic acid groups (broad SMARTS) is 1. The van der Waals surface area contributed by atoms with Gasteiger partial charge in [-0.05, 0) is 36.8 Å². The molecule has 5 heteroatoms. The Morgan fingerprint density at radius 1 is 1.30 bits per heavy atom. The first-order valence-corrected chi connectivity index (χ1v) is 7.81. The minimum atomic E-state index is -0.859. The largest absolute Gasteiger partial charge is 0.481 e. The van der Waals surface area contributed by atoms with Crippen molar-refractivity contribution in [1.29, 1.82) is 0 Å². The number of thioether (sulfide) groups is 1. The van der Waals surface area contributed by atoms with E-state index in [1.165, 1.54) is 0 Å². The first kappa shape index (κ1) is 16.6. The van der Waals surface area contributed by atoms with Crippen molar-refractivity contribution in [2.75, 3.05) is 11.1 Å². The van der Waals surface area contributed by atoms with E-state index in [4.69, 9.17) is 5.11 Å². The number of amides is 1. The summed E-state index contributed by atoms with van der Waals surface area (Å²) in [5, 5.41) is 11.4. The molecule has 4 nitrogen and oxygen atoms in total. The van der Waals surface area contributed by atoms with Crippen LogP contribution < -0.4 is 5.32 Å². The van der Waals surface area contributed by atoms with E-state index < -0.39 is 5.97 Å². The summed E-state index contributed by atoms with van der Waals surface area (Å²) in [5.74, 6) is 0.114. The lowest BCUT2D eigenvalue weighted by atomic mass is 10.1. The van der Waals surface area contributed by atoms with Crippen LogP contribution in [0.4, 0.5) is 5.69 Å². The smallest absolute Gasteiger partial charge is 0.307 e. The number of hydrogen-bond acceptors (Lipinski definition) is 3. The zero-order chi connectivity index (χ0) is 15.0. The first-order valence-electron chi connectivity index (χ1n) is 6.76. The Labute approximate surface area is 124 Å². The van der Waals surface area contributed by atoms with Crippen LogP contribution in [0, 0.1) is 0 Å². The molecule has 1 unspecified atom stereocenters. The van der Waals surface area contributed by atoms with Crippen LogP contribution in [0.25, 0.3) is 0 Å². The van der Waals surface area contributed by atoms with E-state index in [-0.39, 0.29) is 17.6 Å². The highest BCUT2D eigenvalue weighted by Crippen LogP contribution is 2.16. The molecule has 0 saturated carbocycles. The van der Waals surface area contributed by atoms with Gasteiger partial charge in [-0.15, -0.1) is 11.8 Å². The molecule has 110 valence electrons. The molecule has 2 N–H and O–H groups in total. The molecular formula is C15H21NO3S. The van der Waals surface area contributed by atoms with Crippen LogP contribution in [0.1, 0.15) is 32.3 Å². The van der Waals surface area contributed by atoms with Crippen molar-refractivity contribution in [3.8, 4) is 0 Å². The maximum absolute atomic E-state index is 11.9. The number of unbranched alkanes of at least 4 members (excludes halogenated alkanes) is 1. The summed E-state index contributed by atoms with van der Waals surface area (Å²) >= 11 is 1.65. The van der Waals surface area contributed by atoms with E-state index >= 15 is 0 Å². The Bertz CT molecular complexity index is 445. The number of benzene rings is 1. The fourth-order valence-corrected chi connectivity index (χ4v) is 2.62. The number of carbonyl (C=O) groups is 2. The molecule has 0 fully saturated rings. The molecular weight excluding hydrogens is 274 g/mol. The van der Waals surface area contributed by atoms with Gasteiger partial charge in [0.2, 0.25) is 5.91 Å². The summed E-state index contributed by atoms with van der Waals surface area (Å²) in [7, 11) is 0. The molecule has 0 spiro atoms. The predicted octanol–water partition coefficient (Wildman–Crippen LogP) is 3.17. The van der Waals surface area contributed by atoms with Crippen molar-refractivity contribution in [3.63, 3.8) is 0 Å². The third-order valence-corrected chi connectivity index (χ3v) is 4.05. The minimum absolute atomic E-state index is 0.00248. The van der Waals surface area contributed by atoms with Crippen LogP contribution in [-0.4, -0.2) is 28.0 Å². The molecule has 0 saturated heterocycles. The van der Waals surface area contributed by atoms with Crippen LogP contribution in [0.2, 0.25) is 0 Å². The Morgan fingerprint density at radius 3 is 2.50 bits per heavy atom. The summed E-state index contributed by atoms with van der Waals surface area (Å²) in [6, 6.07) is 6.91. The summed E-state index contributed by atoms with van der Waals surface area (Å²) in [6.07, 6.45) is 2.25.